The fraction of sp³-hybridized carbons (Fsp3) is 0.562. The lowest BCUT2D eigenvalue weighted by molar-refractivity contribution is -0.126. The van der Waals surface area contributed by atoms with Crippen LogP contribution in [0.15, 0.2) is 18.2 Å². The summed E-state index contributed by atoms with van der Waals surface area (Å²) in [5, 5.41) is 6.45. The number of hydrogen-bond donors (Lipinski definition) is 2. The van der Waals surface area contributed by atoms with E-state index in [0.717, 1.165) is 56.3 Å². The Morgan fingerprint density at radius 3 is 2.76 bits per heavy atom. The molecule has 1 atom stereocenters. The molecule has 1 heterocycles. The number of piperidine rings is 1. The van der Waals surface area contributed by atoms with E-state index in [1.54, 1.807) is 6.07 Å². The fourth-order valence-corrected chi connectivity index (χ4v) is 3.31. The summed E-state index contributed by atoms with van der Waals surface area (Å²) in [4.78, 5) is 12.3. The first-order valence-electron chi connectivity index (χ1n) is 7.53. The first-order valence-corrected chi connectivity index (χ1v) is 7.53. The van der Waals surface area contributed by atoms with Crippen molar-refractivity contribution in [2.75, 3.05) is 13.1 Å². The zero-order valence-electron chi connectivity index (χ0n) is 12.0. The topological polar surface area (TPSA) is 41.1 Å². The van der Waals surface area contributed by atoms with Crippen LogP contribution in [0.25, 0.3) is 0 Å². The molecule has 3 rings (SSSR count). The average molecular weight is 313 g/mol. The van der Waals surface area contributed by atoms with Gasteiger partial charge >= 0.3 is 0 Å². The number of carbonyl (C=O) groups is 1. The lowest BCUT2D eigenvalue weighted by Gasteiger charge is -2.29. The number of fused-ring (bicyclic) bond motifs is 1. The van der Waals surface area contributed by atoms with Crippen molar-refractivity contribution in [1.29, 1.82) is 0 Å². The molecule has 21 heavy (non-hydrogen) atoms. The molecule has 0 aromatic heterocycles. The third-order valence-electron chi connectivity index (χ3n) is 4.45. The van der Waals surface area contributed by atoms with E-state index >= 15 is 0 Å². The number of aryl methyl sites for hydroxylation is 1. The van der Waals surface area contributed by atoms with Crippen molar-refractivity contribution < 1.29 is 9.18 Å². The maximum Gasteiger partial charge on any atom is 0.223 e. The lowest BCUT2D eigenvalue weighted by Crippen LogP contribution is -2.40. The minimum Gasteiger partial charge on any atom is -0.349 e. The van der Waals surface area contributed by atoms with Crippen LogP contribution >= 0.6 is 12.4 Å². The van der Waals surface area contributed by atoms with Gasteiger partial charge in [-0.2, -0.15) is 0 Å². The lowest BCUT2D eigenvalue weighted by atomic mass is 9.87. The molecule has 1 saturated heterocycles. The number of nitrogens with one attached hydrogen (secondary N) is 2. The molecule has 1 fully saturated rings. The Hall–Kier alpha value is -1.13. The van der Waals surface area contributed by atoms with Gasteiger partial charge in [-0.25, -0.2) is 4.39 Å². The number of carbonyl (C=O) groups excluding carboxylic acids is 1. The largest absolute Gasteiger partial charge is 0.349 e. The van der Waals surface area contributed by atoms with Crippen LogP contribution in [-0.4, -0.2) is 19.0 Å². The van der Waals surface area contributed by atoms with E-state index in [-0.39, 0.29) is 36.1 Å². The van der Waals surface area contributed by atoms with Gasteiger partial charge in [-0.05, 0) is 68.5 Å². The summed E-state index contributed by atoms with van der Waals surface area (Å²) in [5.74, 6) is 0.102. The molecule has 1 aromatic rings. The Balaban J connectivity index is 0.00000161. The molecule has 0 radical (unpaired) electrons. The Kier molecular flexibility index (Phi) is 5.59. The third-order valence-corrected chi connectivity index (χ3v) is 4.45. The predicted octanol–water partition coefficient (Wildman–Crippen LogP) is 2.74. The van der Waals surface area contributed by atoms with Gasteiger partial charge in [0.1, 0.15) is 5.82 Å². The van der Waals surface area contributed by atoms with E-state index in [1.807, 2.05) is 6.07 Å². The van der Waals surface area contributed by atoms with Gasteiger partial charge in [0.05, 0.1) is 6.04 Å². The molecule has 1 aromatic carbocycles. The van der Waals surface area contributed by atoms with Crippen molar-refractivity contribution in [3.8, 4) is 0 Å². The van der Waals surface area contributed by atoms with Gasteiger partial charge in [-0.15, -0.1) is 12.4 Å². The highest BCUT2D eigenvalue weighted by molar-refractivity contribution is 5.85. The van der Waals surface area contributed by atoms with E-state index < -0.39 is 0 Å². The Bertz CT molecular complexity index is 503. The van der Waals surface area contributed by atoms with E-state index in [0.29, 0.717) is 0 Å². The van der Waals surface area contributed by atoms with Crippen LogP contribution in [0.3, 0.4) is 0 Å². The molecule has 3 nitrogen and oxygen atoms in total. The first kappa shape index (κ1) is 16.2. The van der Waals surface area contributed by atoms with E-state index in [9.17, 15) is 9.18 Å². The highest BCUT2D eigenvalue weighted by Gasteiger charge is 2.26. The minimum absolute atomic E-state index is 0. The second kappa shape index (κ2) is 7.23. The normalized spacial score (nSPS) is 22.0. The number of amides is 1. The van der Waals surface area contributed by atoms with Gasteiger partial charge in [0.15, 0.2) is 0 Å². The maximum absolute atomic E-state index is 13.3. The van der Waals surface area contributed by atoms with Gasteiger partial charge < -0.3 is 10.6 Å². The molecular formula is C16H22ClFN2O. The Morgan fingerprint density at radius 1 is 1.24 bits per heavy atom. The number of rotatable bonds is 2. The van der Waals surface area contributed by atoms with Crippen LogP contribution in [0.1, 0.15) is 42.9 Å². The summed E-state index contributed by atoms with van der Waals surface area (Å²) in [5.41, 5.74) is 2.15. The van der Waals surface area contributed by atoms with Crippen LogP contribution in [0.4, 0.5) is 4.39 Å². The molecule has 2 N–H and O–H groups in total. The highest BCUT2D eigenvalue weighted by Crippen LogP contribution is 2.30. The quantitative estimate of drug-likeness (QED) is 0.881. The summed E-state index contributed by atoms with van der Waals surface area (Å²) in [7, 11) is 0. The SMILES string of the molecule is Cl.O=C(NC1CCCc2cc(F)ccc21)C1CCNCC1. The third kappa shape index (κ3) is 3.74. The summed E-state index contributed by atoms with van der Waals surface area (Å²) >= 11 is 0. The summed E-state index contributed by atoms with van der Waals surface area (Å²) in [6, 6.07) is 4.99. The van der Waals surface area contributed by atoms with Gasteiger partial charge in [-0.3, -0.25) is 4.79 Å². The van der Waals surface area contributed by atoms with Gasteiger partial charge in [-0.1, -0.05) is 6.07 Å². The van der Waals surface area contributed by atoms with Crippen molar-refractivity contribution in [2.45, 2.75) is 38.1 Å². The smallest absolute Gasteiger partial charge is 0.223 e. The van der Waals surface area contributed by atoms with Crippen molar-refractivity contribution in [3.05, 3.63) is 35.1 Å². The van der Waals surface area contributed by atoms with Crippen LogP contribution in [-0.2, 0) is 11.2 Å². The van der Waals surface area contributed by atoms with Crippen LogP contribution < -0.4 is 10.6 Å². The molecule has 2 aliphatic rings. The number of halogens is 2. The molecule has 5 heteroatoms. The minimum atomic E-state index is -0.186. The molecule has 1 unspecified atom stereocenters. The van der Waals surface area contributed by atoms with Crippen LogP contribution in [0.2, 0.25) is 0 Å². The van der Waals surface area contributed by atoms with Gasteiger partial charge in [0.25, 0.3) is 0 Å². The molecule has 1 aliphatic carbocycles. The second-order valence-corrected chi connectivity index (χ2v) is 5.82. The maximum atomic E-state index is 13.3. The first-order chi connectivity index (χ1) is 9.74. The number of hydrogen-bond acceptors (Lipinski definition) is 2. The predicted molar refractivity (Wildman–Crippen MR) is 83.1 cm³/mol. The van der Waals surface area contributed by atoms with Crippen LogP contribution in [0.5, 0.6) is 0 Å². The van der Waals surface area contributed by atoms with Gasteiger partial charge in [0.2, 0.25) is 5.91 Å². The van der Waals surface area contributed by atoms with E-state index in [4.69, 9.17) is 0 Å². The van der Waals surface area contributed by atoms with Crippen molar-refractivity contribution in [2.24, 2.45) is 5.92 Å². The monoisotopic (exact) mass is 312 g/mol. The molecular weight excluding hydrogens is 291 g/mol. The highest BCUT2D eigenvalue weighted by atomic mass is 35.5. The molecule has 0 bridgehead atoms. The van der Waals surface area contributed by atoms with E-state index in [2.05, 4.69) is 10.6 Å². The molecule has 0 saturated carbocycles. The fourth-order valence-electron chi connectivity index (χ4n) is 3.31. The van der Waals surface area contributed by atoms with E-state index in [1.165, 1.54) is 6.07 Å². The Morgan fingerprint density at radius 2 is 2.00 bits per heavy atom. The zero-order valence-corrected chi connectivity index (χ0v) is 12.8. The van der Waals surface area contributed by atoms with Crippen molar-refractivity contribution in [1.82, 2.24) is 10.6 Å². The molecule has 116 valence electrons. The molecule has 0 spiro atoms. The van der Waals surface area contributed by atoms with Crippen molar-refractivity contribution in [3.63, 3.8) is 0 Å². The summed E-state index contributed by atoms with van der Waals surface area (Å²) < 4.78 is 13.3. The summed E-state index contributed by atoms with van der Waals surface area (Å²) in [6.07, 6.45) is 4.69. The Labute approximate surface area is 131 Å². The molecule has 1 aliphatic heterocycles. The average Bonchev–Trinajstić information content (AvgIpc) is 2.48. The molecule has 1 amide bonds. The summed E-state index contributed by atoms with van der Waals surface area (Å²) in [6.45, 7) is 1.84. The zero-order chi connectivity index (χ0) is 13.9. The van der Waals surface area contributed by atoms with Crippen LogP contribution in [0, 0.1) is 11.7 Å². The van der Waals surface area contributed by atoms with Crippen molar-refractivity contribution >= 4 is 18.3 Å². The standard InChI is InChI=1S/C16H21FN2O.ClH/c17-13-4-5-14-12(10-13)2-1-3-15(14)19-16(20)11-6-8-18-9-7-11;/h4-5,10-11,15,18H,1-3,6-9H2,(H,19,20);1H. The second-order valence-electron chi connectivity index (χ2n) is 5.82. The number of benzene rings is 1. The van der Waals surface area contributed by atoms with Gasteiger partial charge in [0, 0.05) is 5.92 Å².